The summed E-state index contributed by atoms with van der Waals surface area (Å²) in [6.45, 7) is 6.11. The summed E-state index contributed by atoms with van der Waals surface area (Å²) in [6.07, 6.45) is -9.43. The summed E-state index contributed by atoms with van der Waals surface area (Å²) in [4.78, 5) is 40.7. The molecule has 1 aliphatic rings. The number of aromatic nitrogens is 1. The Labute approximate surface area is 276 Å². The monoisotopic (exact) mass is 701 g/mol. The van der Waals surface area contributed by atoms with Crippen LogP contribution < -0.4 is 10.9 Å². The number of rotatable bonds is 12. The molecule has 1 aliphatic heterocycles. The molecule has 7 nitrogen and oxygen atoms in total. The molecule has 0 aliphatic carbocycles. The van der Waals surface area contributed by atoms with Gasteiger partial charge in [0.05, 0.1) is 23.6 Å². The minimum absolute atomic E-state index is 0.0995. The Morgan fingerprint density at radius 3 is 2.06 bits per heavy atom. The molecule has 0 radical (unpaired) electrons. The third-order valence-corrected chi connectivity index (χ3v) is 8.58. The fourth-order valence-corrected chi connectivity index (χ4v) is 6.15. The lowest BCUT2D eigenvalue weighted by molar-refractivity contribution is -0.140. The van der Waals surface area contributed by atoms with Crippen molar-refractivity contribution in [2.45, 2.75) is 77.3 Å². The van der Waals surface area contributed by atoms with E-state index in [1.54, 1.807) is 6.92 Å². The topological polar surface area (TPSA) is 91.6 Å². The smallest absolute Gasteiger partial charge is 0.419 e. The summed E-state index contributed by atoms with van der Waals surface area (Å²) in [6, 6.07) is 0.515. The number of carboxylic acid groups (broad SMARTS) is 1. The zero-order valence-corrected chi connectivity index (χ0v) is 26.9. The van der Waals surface area contributed by atoms with Crippen molar-refractivity contribution in [2.24, 2.45) is 0 Å². The summed E-state index contributed by atoms with van der Waals surface area (Å²) in [7, 11) is 0. The van der Waals surface area contributed by atoms with Crippen LogP contribution in [0.3, 0.4) is 0 Å². The van der Waals surface area contributed by atoms with Gasteiger partial charge in [0.1, 0.15) is 17.7 Å². The van der Waals surface area contributed by atoms with E-state index < -0.39 is 76.6 Å². The molecule has 1 fully saturated rings. The molecular weight excluding hydrogens is 666 g/mol. The molecule has 2 atom stereocenters. The summed E-state index contributed by atoms with van der Waals surface area (Å²) in [5.41, 5.74) is -4.89. The van der Waals surface area contributed by atoms with Crippen LogP contribution in [0.5, 0.6) is 0 Å². The van der Waals surface area contributed by atoms with Gasteiger partial charge in [-0.15, -0.1) is 0 Å². The zero-order valence-electron chi connectivity index (χ0n) is 26.9. The number of pyridine rings is 1. The fourth-order valence-electron chi connectivity index (χ4n) is 6.15. The van der Waals surface area contributed by atoms with Gasteiger partial charge in [0.15, 0.2) is 0 Å². The fraction of sp³-hybridized carbons (Fsp3) is 0.441. The van der Waals surface area contributed by atoms with E-state index in [-0.39, 0.29) is 53.6 Å². The first-order valence-corrected chi connectivity index (χ1v) is 15.6. The molecule has 2 heterocycles. The quantitative estimate of drug-likeness (QED) is 0.193. The van der Waals surface area contributed by atoms with E-state index in [4.69, 9.17) is 0 Å². The summed E-state index contributed by atoms with van der Waals surface area (Å²) in [5.74, 6) is -5.26. The lowest BCUT2D eigenvalue weighted by atomic mass is 9.90. The SMILES string of the molecule is CCCC(C(=O)NC(CC(=O)O)c1cc(-c2c(C)cc(F)cc2C)cc(C(F)(F)F)c1F)n1cc(CCN2CCC2)c(C(F)(F)F)cc1=O. The number of alkyl halides is 6. The van der Waals surface area contributed by atoms with Crippen molar-refractivity contribution in [3.05, 3.63) is 91.9 Å². The Morgan fingerprint density at radius 1 is 0.939 bits per heavy atom. The van der Waals surface area contributed by atoms with Crippen molar-refractivity contribution in [3.8, 4) is 11.1 Å². The molecule has 49 heavy (non-hydrogen) atoms. The van der Waals surface area contributed by atoms with Crippen LogP contribution >= 0.6 is 0 Å². The minimum atomic E-state index is -5.26. The number of carboxylic acids is 1. The molecule has 3 aromatic rings. The number of hydrogen-bond acceptors (Lipinski definition) is 4. The molecule has 2 unspecified atom stereocenters. The highest BCUT2D eigenvalue weighted by molar-refractivity contribution is 5.82. The van der Waals surface area contributed by atoms with Gasteiger partial charge in [0.2, 0.25) is 5.91 Å². The standard InChI is InChI=1S/C34H35F8N3O4/c1-4-6-27(45-17-20(7-10-44-8-5-9-44)24(15-28(45)46)33(37,38)39)32(49)43-26(16-29(47)48)23-13-21(14-25(31(23)36)34(40,41)42)30-18(2)11-22(35)12-19(30)3/h11-15,17,26-27H,4-10,16H2,1-3H3,(H,43,49)(H,47,48). The van der Waals surface area contributed by atoms with E-state index >= 15 is 4.39 Å². The van der Waals surface area contributed by atoms with Crippen LogP contribution in [0, 0.1) is 25.5 Å². The number of aliphatic carboxylic acids is 1. The normalized spacial score (nSPS) is 15.1. The van der Waals surface area contributed by atoms with Crippen LogP contribution in [-0.2, 0) is 28.4 Å². The average molecular weight is 702 g/mol. The van der Waals surface area contributed by atoms with Gasteiger partial charge in [0.25, 0.3) is 5.56 Å². The zero-order chi connectivity index (χ0) is 36.4. The first-order chi connectivity index (χ1) is 22.8. The molecule has 0 bridgehead atoms. The third-order valence-electron chi connectivity index (χ3n) is 8.58. The number of benzene rings is 2. The molecule has 1 aromatic heterocycles. The summed E-state index contributed by atoms with van der Waals surface area (Å²) < 4.78 is 115. The van der Waals surface area contributed by atoms with Crippen molar-refractivity contribution in [2.75, 3.05) is 19.6 Å². The second-order valence-corrected chi connectivity index (χ2v) is 12.2. The second-order valence-electron chi connectivity index (χ2n) is 12.2. The maximum absolute atomic E-state index is 15.7. The maximum atomic E-state index is 15.7. The number of aryl methyl sites for hydroxylation is 2. The highest BCUT2D eigenvalue weighted by Crippen LogP contribution is 2.40. The Hall–Kier alpha value is -4.27. The molecule has 1 amide bonds. The van der Waals surface area contributed by atoms with Gasteiger partial charge < -0.3 is 19.9 Å². The van der Waals surface area contributed by atoms with Crippen LogP contribution in [0.4, 0.5) is 35.1 Å². The van der Waals surface area contributed by atoms with Crippen molar-refractivity contribution in [1.29, 1.82) is 0 Å². The third kappa shape index (κ3) is 8.67. The van der Waals surface area contributed by atoms with Crippen molar-refractivity contribution >= 4 is 11.9 Å². The highest BCUT2D eigenvalue weighted by atomic mass is 19.4. The van der Waals surface area contributed by atoms with Crippen LogP contribution in [-0.4, -0.2) is 46.1 Å². The predicted molar refractivity (Wildman–Crippen MR) is 164 cm³/mol. The molecule has 15 heteroatoms. The first kappa shape index (κ1) is 37.5. The lowest BCUT2D eigenvalue weighted by Crippen LogP contribution is -2.41. The number of hydrogen-bond donors (Lipinski definition) is 2. The minimum Gasteiger partial charge on any atom is -0.481 e. The molecule has 4 rings (SSSR count). The number of carbonyl (C=O) groups excluding carboxylic acids is 1. The van der Waals surface area contributed by atoms with E-state index in [9.17, 15) is 50.2 Å². The molecule has 2 N–H and O–H groups in total. The van der Waals surface area contributed by atoms with E-state index in [1.165, 1.54) is 13.8 Å². The van der Waals surface area contributed by atoms with Gasteiger partial charge in [-0.05, 0) is 98.3 Å². The van der Waals surface area contributed by atoms with Gasteiger partial charge in [-0.2, -0.15) is 26.3 Å². The predicted octanol–water partition coefficient (Wildman–Crippen LogP) is 7.37. The van der Waals surface area contributed by atoms with Crippen LogP contribution in [0.15, 0.2) is 41.3 Å². The number of likely N-dealkylation sites (tertiary alicyclic amines) is 1. The van der Waals surface area contributed by atoms with E-state index in [0.717, 1.165) is 35.4 Å². The Bertz CT molecular complexity index is 1760. The highest BCUT2D eigenvalue weighted by Gasteiger charge is 2.39. The molecule has 1 saturated heterocycles. The number of nitrogens with one attached hydrogen (secondary N) is 1. The molecule has 2 aromatic carbocycles. The molecule has 266 valence electrons. The van der Waals surface area contributed by atoms with Crippen molar-refractivity contribution in [1.82, 2.24) is 14.8 Å². The van der Waals surface area contributed by atoms with Crippen molar-refractivity contribution < 1.29 is 49.8 Å². The summed E-state index contributed by atoms with van der Waals surface area (Å²) >= 11 is 0. The maximum Gasteiger partial charge on any atom is 0.419 e. The van der Waals surface area contributed by atoms with E-state index in [0.29, 0.717) is 25.2 Å². The molecular formula is C34H35F8N3O4. The van der Waals surface area contributed by atoms with E-state index in [2.05, 4.69) is 5.32 Å². The van der Waals surface area contributed by atoms with Crippen molar-refractivity contribution in [3.63, 3.8) is 0 Å². The largest absolute Gasteiger partial charge is 0.481 e. The molecule has 0 saturated carbocycles. The van der Waals surface area contributed by atoms with E-state index in [1.807, 2.05) is 4.90 Å². The number of halogens is 8. The van der Waals surface area contributed by atoms with Gasteiger partial charge in [-0.3, -0.25) is 14.4 Å². The van der Waals surface area contributed by atoms with Gasteiger partial charge in [0, 0.05) is 24.4 Å². The number of amides is 1. The van der Waals surface area contributed by atoms with Gasteiger partial charge in [-0.1, -0.05) is 13.3 Å². The van der Waals surface area contributed by atoms with Gasteiger partial charge in [-0.25, -0.2) is 8.78 Å². The lowest BCUT2D eigenvalue weighted by Gasteiger charge is -2.31. The Balaban J connectivity index is 1.82. The van der Waals surface area contributed by atoms with Crippen LogP contribution in [0.25, 0.3) is 11.1 Å². The second kappa shape index (κ2) is 14.7. The molecule has 0 spiro atoms. The van der Waals surface area contributed by atoms with Crippen LogP contribution in [0.1, 0.15) is 78.1 Å². The Kier molecular flexibility index (Phi) is 11.3. The Morgan fingerprint density at radius 2 is 1.55 bits per heavy atom. The first-order valence-electron chi connectivity index (χ1n) is 15.6. The number of carbonyl (C=O) groups is 2. The average Bonchev–Trinajstić information content (AvgIpc) is 2.94. The van der Waals surface area contributed by atoms with Gasteiger partial charge >= 0.3 is 18.3 Å². The summed E-state index contributed by atoms with van der Waals surface area (Å²) in [5, 5.41) is 11.9. The van der Waals surface area contributed by atoms with Crippen LogP contribution in [0.2, 0.25) is 0 Å². The number of nitrogens with zero attached hydrogens (tertiary/aromatic N) is 2.